The Bertz CT molecular complexity index is 1370. The van der Waals surface area contributed by atoms with Gasteiger partial charge in [0.05, 0.1) is 10.4 Å². The number of carbonyl (C=O) groups excluding carboxylic acids is 2. The normalized spacial score (nSPS) is 10.7. The number of aromatic nitrogens is 1. The lowest BCUT2D eigenvalue weighted by Crippen LogP contribution is -2.21. The van der Waals surface area contributed by atoms with Crippen LogP contribution in [0.3, 0.4) is 0 Å². The molecule has 32 heavy (non-hydrogen) atoms. The van der Waals surface area contributed by atoms with E-state index in [0.717, 1.165) is 0 Å². The number of halogens is 1. The average molecular weight is 449 g/mol. The first-order chi connectivity index (χ1) is 15.4. The van der Waals surface area contributed by atoms with E-state index in [1.807, 2.05) is 30.3 Å². The van der Waals surface area contributed by atoms with Crippen molar-refractivity contribution in [3.63, 3.8) is 0 Å². The van der Waals surface area contributed by atoms with Crippen LogP contribution in [0.4, 0.5) is 5.82 Å². The molecule has 160 valence electrons. The Hall–Kier alpha value is -3.97. The number of pyridine rings is 1. The van der Waals surface area contributed by atoms with Crippen molar-refractivity contribution < 1.29 is 18.7 Å². The van der Waals surface area contributed by atoms with Crippen LogP contribution in [0.5, 0.6) is 0 Å². The summed E-state index contributed by atoms with van der Waals surface area (Å²) in [4.78, 5) is 41.7. The Labute approximate surface area is 187 Å². The molecule has 0 aliphatic heterocycles. The van der Waals surface area contributed by atoms with Gasteiger partial charge in [0.15, 0.2) is 17.6 Å². The zero-order chi connectivity index (χ0) is 22.7. The Morgan fingerprint density at radius 1 is 1.06 bits per heavy atom. The molecule has 0 atom stereocenters. The minimum atomic E-state index is -0.791. The van der Waals surface area contributed by atoms with Gasteiger partial charge in [-0.3, -0.25) is 9.59 Å². The second kappa shape index (κ2) is 9.03. The van der Waals surface area contributed by atoms with Crippen LogP contribution < -0.4 is 10.7 Å². The zero-order valence-corrected chi connectivity index (χ0v) is 17.7. The third-order valence-corrected chi connectivity index (χ3v) is 4.95. The number of rotatable bonds is 5. The van der Waals surface area contributed by atoms with Gasteiger partial charge < -0.3 is 14.5 Å². The van der Waals surface area contributed by atoms with E-state index in [4.69, 9.17) is 20.8 Å². The highest BCUT2D eigenvalue weighted by Crippen LogP contribution is 2.27. The maximum Gasteiger partial charge on any atom is 0.342 e. The number of hydrogen-bond donors (Lipinski definition) is 1. The van der Waals surface area contributed by atoms with Gasteiger partial charge in [-0.05, 0) is 31.2 Å². The van der Waals surface area contributed by atoms with Crippen molar-refractivity contribution in [1.29, 1.82) is 0 Å². The highest BCUT2D eigenvalue weighted by Gasteiger charge is 2.20. The molecule has 7 nitrogen and oxygen atoms in total. The maximum absolute atomic E-state index is 12.9. The van der Waals surface area contributed by atoms with Crippen LogP contribution in [-0.4, -0.2) is 23.5 Å². The number of para-hydroxylation sites is 1. The van der Waals surface area contributed by atoms with E-state index in [9.17, 15) is 14.4 Å². The fraction of sp³-hybridized carbons (Fsp3) is 0.0833. The second-order valence-electron chi connectivity index (χ2n) is 6.92. The van der Waals surface area contributed by atoms with Crippen LogP contribution in [-0.2, 0) is 9.53 Å². The topological polar surface area (TPSA) is 98.5 Å². The van der Waals surface area contributed by atoms with Crippen molar-refractivity contribution in [2.45, 2.75) is 6.92 Å². The Morgan fingerprint density at radius 2 is 1.84 bits per heavy atom. The van der Waals surface area contributed by atoms with Gasteiger partial charge in [-0.1, -0.05) is 48.0 Å². The molecule has 0 aliphatic rings. The van der Waals surface area contributed by atoms with Gasteiger partial charge in [-0.25, -0.2) is 9.78 Å². The fourth-order valence-corrected chi connectivity index (χ4v) is 3.28. The summed E-state index contributed by atoms with van der Waals surface area (Å²) in [5, 5.41) is 3.18. The van der Waals surface area contributed by atoms with Crippen molar-refractivity contribution >= 4 is 40.3 Å². The van der Waals surface area contributed by atoms with E-state index < -0.39 is 18.5 Å². The predicted octanol–water partition coefficient (Wildman–Crippen LogP) is 4.61. The summed E-state index contributed by atoms with van der Waals surface area (Å²) in [5.74, 6) is -0.721. The standard InChI is InChI=1S/C24H17ClN2O5/c1-14-21(29)17-8-5-9-18(23(17)32-22(14)15-6-3-2-4-7-15)24(30)31-13-20(28)27-19-11-10-16(25)12-26-19/h2-12H,13H2,1H3,(H,26,27,28). The van der Waals surface area contributed by atoms with Crippen LogP contribution in [0, 0.1) is 6.92 Å². The number of esters is 1. The van der Waals surface area contributed by atoms with Crippen LogP contribution in [0.1, 0.15) is 15.9 Å². The van der Waals surface area contributed by atoms with E-state index in [0.29, 0.717) is 21.9 Å². The van der Waals surface area contributed by atoms with E-state index in [2.05, 4.69) is 10.3 Å². The van der Waals surface area contributed by atoms with Gasteiger partial charge in [0.25, 0.3) is 5.91 Å². The third-order valence-electron chi connectivity index (χ3n) is 4.73. The average Bonchev–Trinajstić information content (AvgIpc) is 2.81. The molecule has 0 saturated carbocycles. The summed E-state index contributed by atoms with van der Waals surface area (Å²) in [7, 11) is 0. The van der Waals surface area contributed by atoms with Gasteiger partial charge >= 0.3 is 5.97 Å². The van der Waals surface area contributed by atoms with Gasteiger partial charge in [0.1, 0.15) is 17.1 Å². The Morgan fingerprint density at radius 3 is 2.56 bits per heavy atom. The molecule has 0 fully saturated rings. The van der Waals surface area contributed by atoms with Crippen molar-refractivity contribution in [2.24, 2.45) is 0 Å². The predicted molar refractivity (Wildman–Crippen MR) is 121 cm³/mol. The molecule has 2 aromatic heterocycles. The molecule has 0 radical (unpaired) electrons. The first-order valence-corrected chi connectivity index (χ1v) is 10.0. The van der Waals surface area contributed by atoms with Crippen molar-refractivity contribution in [3.05, 3.63) is 93.2 Å². The highest BCUT2D eigenvalue weighted by atomic mass is 35.5. The molecular weight excluding hydrogens is 432 g/mol. The van der Waals surface area contributed by atoms with E-state index in [1.54, 1.807) is 25.1 Å². The lowest BCUT2D eigenvalue weighted by Gasteiger charge is -2.10. The van der Waals surface area contributed by atoms with Gasteiger partial charge in [-0.2, -0.15) is 0 Å². The number of fused-ring (bicyclic) bond motifs is 1. The van der Waals surface area contributed by atoms with E-state index >= 15 is 0 Å². The number of nitrogens with zero attached hydrogens (tertiary/aromatic N) is 1. The van der Waals surface area contributed by atoms with Gasteiger partial charge in [0.2, 0.25) is 0 Å². The quantitative estimate of drug-likeness (QED) is 0.447. The van der Waals surface area contributed by atoms with Gasteiger partial charge in [0, 0.05) is 17.3 Å². The van der Waals surface area contributed by atoms with Crippen molar-refractivity contribution in [2.75, 3.05) is 11.9 Å². The largest absolute Gasteiger partial charge is 0.455 e. The summed E-state index contributed by atoms with van der Waals surface area (Å²) >= 11 is 5.76. The number of amides is 1. The van der Waals surface area contributed by atoms with Crippen LogP contribution in [0.2, 0.25) is 5.02 Å². The van der Waals surface area contributed by atoms with Crippen LogP contribution >= 0.6 is 11.6 Å². The zero-order valence-electron chi connectivity index (χ0n) is 16.9. The molecule has 4 rings (SSSR count). The molecule has 0 aliphatic carbocycles. The maximum atomic E-state index is 12.9. The fourth-order valence-electron chi connectivity index (χ4n) is 3.17. The van der Waals surface area contributed by atoms with Crippen LogP contribution in [0.25, 0.3) is 22.3 Å². The molecule has 8 heteroatoms. The summed E-state index contributed by atoms with van der Waals surface area (Å²) in [6.07, 6.45) is 1.38. The Kier molecular flexibility index (Phi) is 6.00. The second-order valence-corrected chi connectivity index (χ2v) is 7.36. The van der Waals surface area contributed by atoms with E-state index in [-0.39, 0.29) is 27.8 Å². The molecule has 0 spiro atoms. The number of hydrogen-bond acceptors (Lipinski definition) is 6. The summed E-state index contributed by atoms with van der Waals surface area (Å²) in [6.45, 7) is 1.13. The molecule has 0 unspecified atom stereocenters. The Balaban J connectivity index is 1.60. The van der Waals surface area contributed by atoms with E-state index in [1.165, 1.54) is 18.3 Å². The molecule has 1 amide bonds. The summed E-state index contributed by atoms with van der Waals surface area (Å²) in [6, 6.07) is 16.9. The molecule has 0 bridgehead atoms. The minimum absolute atomic E-state index is 0.0502. The molecule has 4 aromatic rings. The first-order valence-electron chi connectivity index (χ1n) is 9.64. The van der Waals surface area contributed by atoms with Crippen molar-refractivity contribution in [3.8, 4) is 11.3 Å². The highest BCUT2D eigenvalue weighted by molar-refractivity contribution is 6.30. The number of nitrogens with one attached hydrogen (secondary N) is 1. The third kappa shape index (κ3) is 4.38. The number of carbonyl (C=O) groups is 2. The van der Waals surface area contributed by atoms with Crippen LogP contribution in [0.15, 0.2) is 76.1 Å². The SMILES string of the molecule is Cc1c(-c2ccccc2)oc2c(C(=O)OCC(=O)Nc3ccc(Cl)cn3)cccc2c1=O. The first kappa shape index (κ1) is 21.3. The molecular formula is C24H17ClN2O5. The minimum Gasteiger partial charge on any atom is -0.455 e. The lowest BCUT2D eigenvalue weighted by atomic mass is 10.0. The molecule has 2 aromatic carbocycles. The van der Waals surface area contributed by atoms with Crippen molar-refractivity contribution in [1.82, 2.24) is 4.98 Å². The summed E-state index contributed by atoms with van der Waals surface area (Å²) < 4.78 is 11.1. The number of anilines is 1. The molecule has 0 saturated heterocycles. The molecule has 2 heterocycles. The molecule has 1 N–H and O–H groups in total. The monoisotopic (exact) mass is 448 g/mol. The smallest absolute Gasteiger partial charge is 0.342 e. The van der Waals surface area contributed by atoms with Gasteiger partial charge in [-0.15, -0.1) is 0 Å². The number of ether oxygens (including phenoxy) is 1. The number of benzene rings is 2. The lowest BCUT2D eigenvalue weighted by molar-refractivity contribution is -0.119. The summed E-state index contributed by atoms with van der Waals surface area (Å²) in [5.41, 5.74) is 1.05.